The number of imidazole rings is 1. The number of Topliss-reactive ketones (excluding diaryl/α,β-unsaturated/α-hetero) is 1. The Morgan fingerprint density at radius 1 is 1.08 bits per heavy atom. The van der Waals surface area contributed by atoms with E-state index in [1.54, 1.807) is 6.20 Å². The number of amides is 1. The molecule has 2 N–H and O–H groups in total. The van der Waals surface area contributed by atoms with E-state index in [9.17, 15) is 14.4 Å². The van der Waals surface area contributed by atoms with Crippen molar-refractivity contribution in [2.45, 2.75) is 50.8 Å². The van der Waals surface area contributed by atoms with Gasteiger partial charge in [0.1, 0.15) is 6.04 Å². The summed E-state index contributed by atoms with van der Waals surface area (Å²) in [6, 6.07) is 18.5. The molecule has 3 aromatic rings. The molecule has 3 heterocycles. The van der Waals surface area contributed by atoms with Crippen LogP contribution in [0.25, 0.3) is 0 Å². The number of carbonyl (C=O) groups is 3. The topological polar surface area (TPSA) is 112 Å². The summed E-state index contributed by atoms with van der Waals surface area (Å²) in [5.74, 6) is -0.727. The second-order valence-electron chi connectivity index (χ2n) is 9.41. The van der Waals surface area contributed by atoms with Crippen molar-refractivity contribution in [1.82, 2.24) is 20.2 Å². The van der Waals surface area contributed by atoms with Gasteiger partial charge in [-0.05, 0) is 24.0 Å². The van der Waals surface area contributed by atoms with E-state index in [0.717, 1.165) is 12.0 Å². The van der Waals surface area contributed by atoms with Crippen LogP contribution in [0.5, 0.6) is 0 Å². The molecule has 2 saturated heterocycles. The summed E-state index contributed by atoms with van der Waals surface area (Å²) < 4.78 is 12.9. The van der Waals surface area contributed by atoms with E-state index in [-0.39, 0.29) is 30.6 Å². The van der Waals surface area contributed by atoms with Crippen LogP contribution in [-0.4, -0.2) is 52.1 Å². The number of cyclic esters (lactones) is 1. The zero-order valence-corrected chi connectivity index (χ0v) is 20.4. The average molecular weight is 503 g/mol. The Kier molecular flexibility index (Phi) is 7.72. The average Bonchev–Trinajstić information content (AvgIpc) is 3.67. The molecule has 0 bridgehead atoms. The summed E-state index contributed by atoms with van der Waals surface area (Å²) in [5, 5.41) is 6.03. The van der Waals surface area contributed by atoms with Crippen molar-refractivity contribution in [3.05, 3.63) is 90.0 Å². The third-order valence-electron chi connectivity index (χ3n) is 6.79. The molecule has 2 aliphatic heterocycles. The first-order valence-corrected chi connectivity index (χ1v) is 12.5. The Balaban J connectivity index is 1.14. The van der Waals surface area contributed by atoms with Crippen LogP contribution in [0.2, 0.25) is 0 Å². The second-order valence-corrected chi connectivity index (χ2v) is 9.41. The van der Waals surface area contributed by atoms with Gasteiger partial charge < -0.3 is 24.7 Å². The first-order valence-electron chi connectivity index (χ1n) is 12.5. The first kappa shape index (κ1) is 24.9. The van der Waals surface area contributed by atoms with E-state index < -0.39 is 24.3 Å². The van der Waals surface area contributed by atoms with E-state index >= 15 is 0 Å². The summed E-state index contributed by atoms with van der Waals surface area (Å²) in [4.78, 5) is 42.4. The Hall–Kier alpha value is -3.82. The van der Waals surface area contributed by atoms with Gasteiger partial charge in [-0.15, -0.1) is 0 Å². The molecule has 37 heavy (non-hydrogen) atoms. The number of rotatable bonds is 10. The monoisotopic (exact) mass is 502 g/mol. The maximum absolute atomic E-state index is 13.2. The molecular formula is C28H30N4O5. The van der Waals surface area contributed by atoms with E-state index in [0.29, 0.717) is 25.3 Å². The number of carbonyl (C=O) groups excluding carboxylic acids is 3. The summed E-state index contributed by atoms with van der Waals surface area (Å²) >= 11 is 0. The minimum atomic E-state index is -0.854. The van der Waals surface area contributed by atoms with Crippen LogP contribution in [0, 0.1) is 5.92 Å². The SMILES string of the molecule is O=C1CC(NC(=O)[C@@H]2CC(C(=O)c3nccn3CCc3ccccc3)CN2)C(OCc2ccccc2)O1. The molecule has 9 heteroatoms. The van der Waals surface area contributed by atoms with Crippen LogP contribution in [-0.2, 0) is 38.6 Å². The highest BCUT2D eigenvalue weighted by Gasteiger charge is 2.40. The van der Waals surface area contributed by atoms with Gasteiger partial charge in [-0.1, -0.05) is 60.7 Å². The molecule has 2 fully saturated rings. The molecule has 3 unspecified atom stereocenters. The Morgan fingerprint density at radius 2 is 1.81 bits per heavy atom. The molecule has 0 aliphatic carbocycles. The maximum atomic E-state index is 13.2. The number of aromatic nitrogens is 2. The van der Waals surface area contributed by atoms with Crippen molar-refractivity contribution in [3.63, 3.8) is 0 Å². The fraction of sp³-hybridized carbons (Fsp3) is 0.357. The van der Waals surface area contributed by atoms with Gasteiger partial charge in [0.05, 0.1) is 19.1 Å². The molecule has 5 rings (SSSR count). The fourth-order valence-corrected chi connectivity index (χ4v) is 4.77. The van der Waals surface area contributed by atoms with Crippen LogP contribution in [0.1, 0.15) is 34.6 Å². The number of benzene rings is 2. The van der Waals surface area contributed by atoms with Gasteiger partial charge in [0.15, 0.2) is 5.82 Å². The molecule has 0 radical (unpaired) electrons. The van der Waals surface area contributed by atoms with Crippen LogP contribution in [0.15, 0.2) is 73.1 Å². The van der Waals surface area contributed by atoms with Crippen molar-refractivity contribution in [2.75, 3.05) is 6.54 Å². The lowest BCUT2D eigenvalue weighted by molar-refractivity contribution is -0.168. The highest BCUT2D eigenvalue weighted by molar-refractivity contribution is 5.96. The number of hydrogen-bond acceptors (Lipinski definition) is 7. The number of ketones is 1. The number of hydrogen-bond donors (Lipinski definition) is 2. The van der Waals surface area contributed by atoms with Gasteiger partial charge in [0.2, 0.25) is 18.0 Å². The lowest BCUT2D eigenvalue weighted by Gasteiger charge is -2.21. The van der Waals surface area contributed by atoms with Crippen molar-refractivity contribution in [2.24, 2.45) is 5.92 Å². The van der Waals surface area contributed by atoms with Gasteiger partial charge in [-0.2, -0.15) is 0 Å². The van der Waals surface area contributed by atoms with Crippen molar-refractivity contribution >= 4 is 17.7 Å². The Bertz CT molecular complexity index is 1230. The number of ether oxygens (including phenoxy) is 2. The summed E-state index contributed by atoms with van der Waals surface area (Å²) in [7, 11) is 0. The third-order valence-corrected chi connectivity index (χ3v) is 6.79. The minimum Gasteiger partial charge on any atom is -0.433 e. The largest absolute Gasteiger partial charge is 0.433 e. The van der Waals surface area contributed by atoms with Crippen LogP contribution >= 0.6 is 0 Å². The standard InChI is InChI=1S/C28H30N4O5/c33-24-16-23(28(37-24)36-18-20-9-5-2-6-10-20)31-27(35)22-15-21(17-30-22)25(34)26-29-12-14-32(26)13-11-19-7-3-1-4-8-19/h1-10,12,14,21-23,28,30H,11,13,15-18H2,(H,31,35)/t21?,22-,23?,28?/m0/s1. The van der Waals surface area contributed by atoms with Crippen LogP contribution in [0.3, 0.4) is 0 Å². The Labute approximate surface area is 215 Å². The molecule has 1 amide bonds. The molecular weight excluding hydrogens is 472 g/mol. The first-order chi connectivity index (χ1) is 18.1. The smallest absolute Gasteiger partial charge is 0.310 e. The molecule has 2 aliphatic rings. The molecule has 9 nitrogen and oxygen atoms in total. The predicted octanol–water partition coefficient (Wildman–Crippen LogP) is 2.26. The summed E-state index contributed by atoms with van der Waals surface area (Å²) in [5.41, 5.74) is 2.13. The Morgan fingerprint density at radius 3 is 2.57 bits per heavy atom. The molecule has 0 saturated carbocycles. The quantitative estimate of drug-likeness (QED) is 0.323. The predicted molar refractivity (Wildman–Crippen MR) is 134 cm³/mol. The van der Waals surface area contributed by atoms with E-state index in [1.807, 2.05) is 59.3 Å². The lowest BCUT2D eigenvalue weighted by Crippen LogP contribution is -2.48. The van der Waals surface area contributed by atoms with Gasteiger partial charge >= 0.3 is 5.97 Å². The number of esters is 1. The van der Waals surface area contributed by atoms with Crippen LogP contribution < -0.4 is 10.6 Å². The van der Waals surface area contributed by atoms with Gasteiger partial charge in [-0.3, -0.25) is 14.4 Å². The summed E-state index contributed by atoms with van der Waals surface area (Å²) in [6.45, 7) is 1.30. The summed E-state index contributed by atoms with van der Waals surface area (Å²) in [6.07, 6.45) is 3.79. The maximum Gasteiger partial charge on any atom is 0.310 e. The molecule has 4 atom stereocenters. The minimum absolute atomic E-state index is 0.0408. The third kappa shape index (κ3) is 6.12. The normalized spacial score (nSPS) is 23.1. The van der Waals surface area contributed by atoms with Gasteiger partial charge in [-0.25, -0.2) is 4.98 Å². The number of nitrogens with zero attached hydrogens (tertiary/aromatic N) is 2. The number of nitrogens with one attached hydrogen (secondary N) is 2. The van der Waals surface area contributed by atoms with Crippen LogP contribution in [0.4, 0.5) is 0 Å². The van der Waals surface area contributed by atoms with Crippen molar-refractivity contribution in [1.29, 1.82) is 0 Å². The highest BCUT2D eigenvalue weighted by Crippen LogP contribution is 2.22. The van der Waals surface area contributed by atoms with E-state index in [4.69, 9.17) is 9.47 Å². The van der Waals surface area contributed by atoms with Crippen molar-refractivity contribution in [3.8, 4) is 0 Å². The number of aryl methyl sites for hydroxylation is 2. The van der Waals surface area contributed by atoms with E-state index in [1.165, 1.54) is 5.56 Å². The van der Waals surface area contributed by atoms with E-state index in [2.05, 4.69) is 27.8 Å². The lowest BCUT2D eigenvalue weighted by atomic mass is 9.99. The highest BCUT2D eigenvalue weighted by atomic mass is 16.7. The van der Waals surface area contributed by atoms with Gasteiger partial charge in [0, 0.05) is 31.4 Å². The molecule has 2 aromatic carbocycles. The molecule has 1 aromatic heterocycles. The fourth-order valence-electron chi connectivity index (χ4n) is 4.77. The van der Waals surface area contributed by atoms with Gasteiger partial charge in [0.25, 0.3) is 0 Å². The molecule has 192 valence electrons. The molecule has 0 spiro atoms. The zero-order chi connectivity index (χ0) is 25.6. The van der Waals surface area contributed by atoms with Crippen molar-refractivity contribution < 1.29 is 23.9 Å². The second kappa shape index (κ2) is 11.5. The zero-order valence-electron chi connectivity index (χ0n) is 20.4.